The van der Waals surface area contributed by atoms with Crippen LogP contribution in [0.3, 0.4) is 0 Å². The number of benzene rings is 2. The maximum atomic E-state index is 14.6. The van der Waals surface area contributed by atoms with Crippen molar-refractivity contribution in [3.05, 3.63) is 89.3 Å². The van der Waals surface area contributed by atoms with Gasteiger partial charge in [0.15, 0.2) is 0 Å². The number of carbonyl (C=O) groups is 2. The third kappa shape index (κ3) is 3.99. The fraction of sp³-hybridized carbons (Fsp3) is 0.120. The number of nitrogens with one attached hydrogen (secondary N) is 3. The van der Waals surface area contributed by atoms with Crippen molar-refractivity contribution < 1.29 is 14.0 Å². The summed E-state index contributed by atoms with van der Waals surface area (Å²) in [4.78, 5) is 28.9. The summed E-state index contributed by atoms with van der Waals surface area (Å²) in [6, 6.07) is 13.5. The van der Waals surface area contributed by atoms with Gasteiger partial charge in [0, 0.05) is 35.2 Å². The number of fused-ring (bicyclic) bond motifs is 1. The molecule has 0 saturated heterocycles. The van der Waals surface area contributed by atoms with Crippen molar-refractivity contribution in [1.29, 1.82) is 0 Å². The summed E-state index contributed by atoms with van der Waals surface area (Å²) in [5, 5.41) is 13.3. The zero-order valence-electron chi connectivity index (χ0n) is 18.3. The van der Waals surface area contributed by atoms with E-state index in [0.29, 0.717) is 52.3 Å². The average molecular weight is 456 g/mol. The van der Waals surface area contributed by atoms with E-state index in [-0.39, 0.29) is 17.6 Å². The zero-order valence-corrected chi connectivity index (χ0v) is 18.3. The van der Waals surface area contributed by atoms with Gasteiger partial charge in [0.2, 0.25) is 0 Å². The second-order valence-corrected chi connectivity index (χ2v) is 7.92. The lowest BCUT2D eigenvalue weighted by Gasteiger charge is -2.10. The van der Waals surface area contributed by atoms with Gasteiger partial charge in [0.1, 0.15) is 5.82 Å². The SMILES string of the molecule is Cc1cc(C(=O)NCCn2ccnn2)c(C=C2C(=O)Nc3cccc(-c4ccccc4F)c32)[nH]1. The minimum atomic E-state index is -0.377. The van der Waals surface area contributed by atoms with E-state index < -0.39 is 0 Å². The molecule has 0 fully saturated rings. The van der Waals surface area contributed by atoms with Crippen LogP contribution in [0, 0.1) is 12.7 Å². The van der Waals surface area contributed by atoms with Crippen molar-refractivity contribution in [2.75, 3.05) is 11.9 Å². The van der Waals surface area contributed by atoms with Crippen molar-refractivity contribution in [3.63, 3.8) is 0 Å². The van der Waals surface area contributed by atoms with Gasteiger partial charge >= 0.3 is 0 Å². The number of aromatic amines is 1. The largest absolute Gasteiger partial charge is 0.358 e. The number of nitrogens with zero attached hydrogens (tertiary/aromatic N) is 3. The van der Waals surface area contributed by atoms with Gasteiger partial charge < -0.3 is 15.6 Å². The minimum Gasteiger partial charge on any atom is -0.358 e. The standard InChI is InChI=1S/C25H21FN6O2/c1-15-13-18(24(33)27-9-11-32-12-10-28-31-32)22(29-15)14-19-23-17(16-5-2-3-7-20(16)26)6-4-8-21(23)30-25(19)34/h2-8,10,12-14,29H,9,11H2,1H3,(H,27,33)(H,30,34). The van der Waals surface area contributed by atoms with Crippen LogP contribution in [0.2, 0.25) is 0 Å². The van der Waals surface area contributed by atoms with Crippen molar-refractivity contribution in [3.8, 4) is 11.1 Å². The van der Waals surface area contributed by atoms with Crippen molar-refractivity contribution in [2.45, 2.75) is 13.5 Å². The first-order valence-corrected chi connectivity index (χ1v) is 10.7. The normalized spacial score (nSPS) is 13.7. The Bertz CT molecular complexity index is 1420. The van der Waals surface area contributed by atoms with Crippen LogP contribution in [0.4, 0.5) is 10.1 Å². The van der Waals surface area contributed by atoms with Gasteiger partial charge in [-0.1, -0.05) is 35.5 Å². The van der Waals surface area contributed by atoms with Crippen LogP contribution in [0.15, 0.2) is 60.9 Å². The van der Waals surface area contributed by atoms with Gasteiger partial charge in [-0.25, -0.2) is 4.39 Å². The molecular weight excluding hydrogens is 435 g/mol. The number of hydrogen-bond acceptors (Lipinski definition) is 4. The predicted molar refractivity (Wildman–Crippen MR) is 126 cm³/mol. The Kier molecular flexibility index (Phi) is 5.51. The Morgan fingerprint density at radius 1 is 1.18 bits per heavy atom. The predicted octanol–water partition coefficient (Wildman–Crippen LogP) is 3.64. The Morgan fingerprint density at radius 2 is 2.00 bits per heavy atom. The Hall–Kier alpha value is -4.53. The van der Waals surface area contributed by atoms with Crippen molar-refractivity contribution in [2.24, 2.45) is 0 Å². The molecule has 0 bridgehead atoms. The van der Waals surface area contributed by atoms with E-state index in [1.54, 1.807) is 65.6 Å². The number of hydrogen-bond donors (Lipinski definition) is 3. The lowest BCUT2D eigenvalue weighted by Crippen LogP contribution is -2.27. The Balaban J connectivity index is 1.50. The molecule has 170 valence electrons. The molecule has 9 heteroatoms. The third-order valence-corrected chi connectivity index (χ3v) is 5.61. The molecule has 2 aromatic carbocycles. The van der Waals surface area contributed by atoms with Crippen LogP contribution in [0.5, 0.6) is 0 Å². The summed E-state index contributed by atoms with van der Waals surface area (Å²) < 4.78 is 16.2. The smallest absolute Gasteiger partial charge is 0.256 e. The highest BCUT2D eigenvalue weighted by Gasteiger charge is 2.29. The molecule has 5 rings (SSSR count). The number of anilines is 1. The first kappa shape index (κ1) is 21.3. The molecule has 8 nitrogen and oxygen atoms in total. The number of amides is 2. The number of rotatable bonds is 6. The van der Waals surface area contributed by atoms with Gasteiger partial charge in [0.05, 0.1) is 29.6 Å². The summed E-state index contributed by atoms with van der Waals surface area (Å²) in [7, 11) is 0. The molecule has 1 aliphatic rings. The number of halogens is 1. The first-order chi connectivity index (χ1) is 16.5. The summed E-state index contributed by atoms with van der Waals surface area (Å²) in [5.74, 6) is -0.973. The third-order valence-electron chi connectivity index (χ3n) is 5.61. The van der Waals surface area contributed by atoms with E-state index in [0.717, 1.165) is 5.69 Å². The highest BCUT2D eigenvalue weighted by molar-refractivity contribution is 6.36. The molecule has 0 spiro atoms. The molecule has 0 atom stereocenters. The summed E-state index contributed by atoms with van der Waals surface area (Å²) in [6.07, 6.45) is 4.93. The van der Waals surface area contributed by atoms with Gasteiger partial charge in [-0.2, -0.15) is 0 Å². The lowest BCUT2D eigenvalue weighted by atomic mass is 9.94. The van der Waals surface area contributed by atoms with Crippen LogP contribution in [0.25, 0.3) is 22.8 Å². The average Bonchev–Trinajstić information content (AvgIpc) is 3.54. The molecule has 0 saturated carbocycles. The van der Waals surface area contributed by atoms with Gasteiger partial charge in [0.25, 0.3) is 11.8 Å². The molecule has 3 N–H and O–H groups in total. The van der Waals surface area contributed by atoms with Gasteiger partial charge in [-0.05, 0) is 36.8 Å². The number of aromatic nitrogens is 4. The van der Waals surface area contributed by atoms with E-state index in [1.165, 1.54) is 6.07 Å². The highest BCUT2D eigenvalue weighted by atomic mass is 19.1. The first-order valence-electron chi connectivity index (χ1n) is 10.7. The molecule has 0 aliphatic carbocycles. The zero-order chi connectivity index (χ0) is 23.7. The van der Waals surface area contributed by atoms with Crippen LogP contribution in [-0.2, 0) is 11.3 Å². The quantitative estimate of drug-likeness (QED) is 0.385. The topological polar surface area (TPSA) is 105 Å². The van der Waals surface area contributed by atoms with E-state index in [1.807, 2.05) is 6.92 Å². The second-order valence-electron chi connectivity index (χ2n) is 7.92. The van der Waals surface area contributed by atoms with Gasteiger partial charge in [-0.15, -0.1) is 5.10 Å². The molecule has 2 amide bonds. The number of carbonyl (C=O) groups excluding carboxylic acids is 2. The molecule has 34 heavy (non-hydrogen) atoms. The van der Waals surface area contributed by atoms with Crippen LogP contribution in [0.1, 0.15) is 27.3 Å². The Morgan fingerprint density at radius 3 is 2.79 bits per heavy atom. The van der Waals surface area contributed by atoms with Gasteiger partial charge in [-0.3, -0.25) is 14.3 Å². The summed E-state index contributed by atoms with van der Waals surface area (Å²) in [6.45, 7) is 2.68. The molecule has 3 heterocycles. The van der Waals surface area contributed by atoms with E-state index >= 15 is 0 Å². The highest BCUT2D eigenvalue weighted by Crippen LogP contribution is 2.41. The fourth-order valence-electron chi connectivity index (χ4n) is 4.08. The van der Waals surface area contributed by atoms with E-state index in [2.05, 4.69) is 25.9 Å². The Labute approximate surface area is 194 Å². The van der Waals surface area contributed by atoms with E-state index in [4.69, 9.17) is 0 Å². The molecule has 2 aromatic heterocycles. The summed E-state index contributed by atoms with van der Waals surface area (Å²) >= 11 is 0. The molecule has 4 aromatic rings. The maximum Gasteiger partial charge on any atom is 0.256 e. The van der Waals surface area contributed by atoms with E-state index in [9.17, 15) is 14.0 Å². The van der Waals surface area contributed by atoms with Crippen LogP contribution in [-0.4, -0.2) is 38.3 Å². The lowest BCUT2D eigenvalue weighted by molar-refractivity contribution is -0.110. The maximum absolute atomic E-state index is 14.6. The fourth-order valence-corrected chi connectivity index (χ4v) is 4.08. The number of aryl methyl sites for hydroxylation is 1. The van der Waals surface area contributed by atoms with Crippen molar-refractivity contribution >= 4 is 29.2 Å². The minimum absolute atomic E-state index is 0.280. The molecule has 0 unspecified atom stereocenters. The number of H-pyrrole nitrogens is 1. The molecular formula is C25H21FN6O2. The van der Waals surface area contributed by atoms with Crippen LogP contribution < -0.4 is 10.6 Å². The molecule has 1 aliphatic heterocycles. The van der Waals surface area contributed by atoms with Crippen LogP contribution >= 0.6 is 0 Å². The summed E-state index contributed by atoms with van der Waals surface area (Å²) in [5.41, 5.74) is 4.23. The van der Waals surface area contributed by atoms with Crippen molar-refractivity contribution in [1.82, 2.24) is 25.3 Å². The molecule has 0 radical (unpaired) electrons. The monoisotopic (exact) mass is 456 g/mol. The second kappa shape index (κ2) is 8.78.